The van der Waals surface area contributed by atoms with Gasteiger partial charge in [0.15, 0.2) is 0 Å². The van der Waals surface area contributed by atoms with Gasteiger partial charge >= 0.3 is 5.97 Å². The van der Waals surface area contributed by atoms with E-state index in [1.54, 1.807) is 0 Å². The fraction of sp³-hybridized carbons (Fsp3) is 0.273. The summed E-state index contributed by atoms with van der Waals surface area (Å²) in [6.45, 7) is 0.239. The molecule has 1 rings (SSSR count). The summed E-state index contributed by atoms with van der Waals surface area (Å²) in [4.78, 5) is 21.1. The lowest BCUT2D eigenvalue weighted by molar-refractivity contribution is -0.137. The van der Waals surface area contributed by atoms with E-state index in [1.807, 2.05) is 10.0 Å². The fourth-order valence-electron chi connectivity index (χ4n) is 1.22. The number of benzene rings is 1. The number of hydrogen-bond donors (Lipinski definition) is 3. The van der Waals surface area contributed by atoms with Crippen LogP contribution in [0.2, 0.25) is 0 Å². The molecule has 0 unspecified atom stereocenters. The molecule has 0 atom stereocenters. The summed E-state index contributed by atoms with van der Waals surface area (Å²) in [6.07, 6.45) is 0. The number of nitrogens with one attached hydrogen (secondary N) is 2. The Labute approximate surface area is 114 Å². The molecule has 0 saturated carbocycles. The minimum atomic E-state index is -4.03. The van der Waals surface area contributed by atoms with Crippen LogP contribution in [-0.2, 0) is 19.6 Å². The number of aliphatic carboxylic acids is 1. The maximum Gasteiger partial charge on any atom is 0.322 e. The Bertz CT molecular complexity index is 630. The highest BCUT2D eigenvalue weighted by atomic mass is 32.2. The average molecular weight is 304 g/mol. The summed E-state index contributed by atoms with van der Waals surface area (Å²) in [5.74, 6) is -2.73. The van der Waals surface area contributed by atoms with Crippen molar-refractivity contribution in [2.45, 2.75) is 11.8 Å². The van der Waals surface area contributed by atoms with E-state index in [2.05, 4.69) is 0 Å². The number of hydrogen-bond acceptors (Lipinski definition) is 4. The monoisotopic (exact) mass is 304 g/mol. The lowest BCUT2D eigenvalue weighted by atomic mass is 10.2. The van der Waals surface area contributed by atoms with Crippen LogP contribution in [0.1, 0.15) is 5.56 Å². The van der Waals surface area contributed by atoms with E-state index in [-0.39, 0.29) is 4.90 Å². The van der Waals surface area contributed by atoms with Gasteiger partial charge < -0.3 is 10.4 Å². The molecule has 0 saturated heterocycles. The molecular formula is C11H13FN2O5S. The zero-order valence-electron chi connectivity index (χ0n) is 10.5. The minimum absolute atomic E-state index is 0.295. The molecule has 7 nitrogen and oxygen atoms in total. The van der Waals surface area contributed by atoms with Gasteiger partial charge in [-0.1, -0.05) is 6.07 Å². The third-order valence-corrected chi connectivity index (χ3v) is 3.71. The predicted molar refractivity (Wildman–Crippen MR) is 67.0 cm³/mol. The van der Waals surface area contributed by atoms with E-state index in [4.69, 9.17) is 5.11 Å². The third kappa shape index (κ3) is 4.59. The third-order valence-electron chi connectivity index (χ3n) is 2.31. The van der Waals surface area contributed by atoms with Gasteiger partial charge in [-0.2, -0.15) is 0 Å². The summed E-state index contributed by atoms with van der Waals surface area (Å²) in [7, 11) is -4.03. The summed E-state index contributed by atoms with van der Waals surface area (Å²) in [5, 5.41) is 10.3. The maximum absolute atomic E-state index is 13.3. The van der Waals surface area contributed by atoms with E-state index in [9.17, 15) is 22.4 Å². The van der Waals surface area contributed by atoms with Crippen molar-refractivity contribution in [1.82, 2.24) is 10.0 Å². The number of rotatable bonds is 6. The standard InChI is InChI=1S/C11H13FN2O5S/c1-7-2-3-8(4-9(7)12)20(18,19)14-5-10(15)13-6-11(16)17/h2-4,14H,5-6H2,1H3,(H,13,15)(H,16,17). The van der Waals surface area contributed by atoms with E-state index in [1.165, 1.54) is 19.1 Å². The van der Waals surface area contributed by atoms with Gasteiger partial charge in [-0.05, 0) is 24.6 Å². The van der Waals surface area contributed by atoms with Crippen molar-refractivity contribution in [2.75, 3.05) is 13.1 Å². The molecule has 0 aliphatic carbocycles. The number of sulfonamides is 1. The molecule has 0 bridgehead atoms. The summed E-state index contributed by atoms with van der Waals surface area (Å²) in [5.41, 5.74) is 0.295. The van der Waals surface area contributed by atoms with Gasteiger partial charge in [0.25, 0.3) is 0 Å². The van der Waals surface area contributed by atoms with Crippen molar-refractivity contribution >= 4 is 21.9 Å². The molecule has 9 heteroatoms. The highest BCUT2D eigenvalue weighted by Gasteiger charge is 2.17. The highest BCUT2D eigenvalue weighted by Crippen LogP contribution is 2.13. The lowest BCUT2D eigenvalue weighted by Gasteiger charge is -2.07. The van der Waals surface area contributed by atoms with Gasteiger partial charge in [0, 0.05) is 0 Å². The molecule has 0 spiro atoms. The molecule has 1 amide bonds. The Morgan fingerprint density at radius 1 is 1.30 bits per heavy atom. The summed E-state index contributed by atoms with van der Waals surface area (Å²) >= 11 is 0. The SMILES string of the molecule is Cc1ccc(S(=O)(=O)NCC(=O)NCC(=O)O)cc1F. The van der Waals surface area contributed by atoms with Crippen LogP contribution < -0.4 is 10.0 Å². The second kappa shape index (κ2) is 6.44. The number of aryl methyl sites for hydroxylation is 1. The topological polar surface area (TPSA) is 113 Å². The van der Waals surface area contributed by atoms with Crippen LogP contribution in [0.3, 0.4) is 0 Å². The number of carbonyl (C=O) groups is 2. The minimum Gasteiger partial charge on any atom is -0.480 e. The van der Waals surface area contributed by atoms with Crippen LogP contribution in [0.4, 0.5) is 4.39 Å². The van der Waals surface area contributed by atoms with E-state index in [0.29, 0.717) is 5.56 Å². The van der Waals surface area contributed by atoms with Crippen LogP contribution in [0.15, 0.2) is 23.1 Å². The fourth-order valence-corrected chi connectivity index (χ4v) is 2.21. The molecule has 110 valence electrons. The Kier molecular flexibility index (Phi) is 5.17. The molecular weight excluding hydrogens is 291 g/mol. The second-order valence-electron chi connectivity index (χ2n) is 3.91. The molecule has 0 fully saturated rings. The molecule has 1 aromatic carbocycles. The Balaban J connectivity index is 2.68. The van der Waals surface area contributed by atoms with Gasteiger partial charge in [-0.3, -0.25) is 9.59 Å². The number of amides is 1. The van der Waals surface area contributed by atoms with Gasteiger partial charge in [0.2, 0.25) is 15.9 Å². The number of carboxylic acids is 1. The van der Waals surface area contributed by atoms with Crippen LogP contribution in [0.5, 0.6) is 0 Å². The molecule has 3 N–H and O–H groups in total. The van der Waals surface area contributed by atoms with Gasteiger partial charge in [0.05, 0.1) is 11.4 Å². The molecule has 0 aliphatic heterocycles. The second-order valence-corrected chi connectivity index (χ2v) is 5.67. The number of carboxylic acid groups (broad SMARTS) is 1. The smallest absolute Gasteiger partial charge is 0.322 e. The first kappa shape index (κ1) is 16.1. The van der Waals surface area contributed by atoms with E-state index >= 15 is 0 Å². The van der Waals surface area contributed by atoms with Crippen molar-refractivity contribution in [3.05, 3.63) is 29.6 Å². The Hall–Kier alpha value is -2.00. The van der Waals surface area contributed by atoms with Crippen LogP contribution >= 0.6 is 0 Å². The first-order chi connectivity index (χ1) is 9.22. The quantitative estimate of drug-likeness (QED) is 0.663. The van der Waals surface area contributed by atoms with Crippen molar-refractivity contribution in [2.24, 2.45) is 0 Å². The van der Waals surface area contributed by atoms with Crippen molar-refractivity contribution in [3.63, 3.8) is 0 Å². The van der Waals surface area contributed by atoms with Crippen LogP contribution in [-0.4, -0.2) is 38.5 Å². The number of halogens is 1. The van der Waals surface area contributed by atoms with Crippen molar-refractivity contribution in [3.8, 4) is 0 Å². The number of carbonyl (C=O) groups excluding carboxylic acids is 1. The van der Waals surface area contributed by atoms with E-state index < -0.39 is 40.8 Å². The average Bonchev–Trinajstić information content (AvgIpc) is 2.37. The van der Waals surface area contributed by atoms with Crippen molar-refractivity contribution < 1.29 is 27.5 Å². The lowest BCUT2D eigenvalue weighted by Crippen LogP contribution is -2.39. The van der Waals surface area contributed by atoms with Gasteiger partial charge in [-0.25, -0.2) is 17.5 Å². The largest absolute Gasteiger partial charge is 0.480 e. The molecule has 20 heavy (non-hydrogen) atoms. The Morgan fingerprint density at radius 2 is 1.95 bits per heavy atom. The summed E-state index contributed by atoms with van der Waals surface area (Å²) < 4.78 is 38.8. The molecule has 1 aromatic rings. The molecule has 0 aliphatic rings. The Morgan fingerprint density at radius 3 is 2.50 bits per heavy atom. The predicted octanol–water partition coefficient (Wildman–Crippen LogP) is -0.387. The normalized spacial score (nSPS) is 11.1. The molecule has 0 heterocycles. The van der Waals surface area contributed by atoms with E-state index in [0.717, 1.165) is 6.07 Å². The van der Waals surface area contributed by atoms with Gasteiger partial charge in [0.1, 0.15) is 12.4 Å². The van der Waals surface area contributed by atoms with Gasteiger partial charge in [-0.15, -0.1) is 0 Å². The zero-order valence-corrected chi connectivity index (χ0v) is 11.3. The van der Waals surface area contributed by atoms with Crippen LogP contribution in [0, 0.1) is 12.7 Å². The first-order valence-corrected chi connectivity index (χ1v) is 6.95. The molecule has 0 aromatic heterocycles. The summed E-state index contributed by atoms with van der Waals surface area (Å²) in [6, 6.07) is 3.34. The van der Waals surface area contributed by atoms with Crippen molar-refractivity contribution in [1.29, 1.82) is 0 Å². The maximum atomic E-state index is 13.3. The van der Waals surface area contributed by atoms with Crippen LogP contribution in [0.25, 0.3) is 0 Å². The highest BCUT2D eigenvalue weighted by molar-refractivity contribution is 7.89. The molecule has 0 radical (unpaired) electrons. The first-order valence-electron chi connectivity index (χ1n) is 5.46. The zero-order chi connectivity index (χ0) is 15.3.